The smallest absolute Gasteiger partial charge is 0.252 e. The van der Waals surface area contributed by atoms with E-state index in [9.17, 15) is 4.79 Å². The number of rotatable bonds is 3. The van der Waals surface area contributed by atoms with Crippen molar-refractivity contribution in [2.75, 3.05) is 0 Å². The number of carbonyl (C=O) groups is 1. The van der Waals surface area contributed by atoms with Crippen LogP contribution in [0.4, 0.5) is 0 Å². The van der Waals surface area contributed by atoms with Gasteiger partial charge in [-0.2, -0.15) is 5.10 Å². The zero-order chi connectivity index (χ0) is 15.6. The summed E-state index contributed by atoms with van der Waals surface area (Å²) < 4.78 is 0. The van der Waals surface area contributed by atoms with Crippen molar-refractivity contribution in [2.24, 2.45) is 0 Å². The first-order valence-corrected chi connectivity index (χ1v) is 7.36. The Morgan fingerprint density at radius 1 is 1.04 bits per heavy atom. The minimum absolute atomic E-state index is 0.111. The van der Waals surface area contributed by atoms with E-state index in [-0.39, 0.29) is 5.91 Å². The molecule has 112 valence electrons. The maximum Gasteiger partial charge on any atom is 0.252 e. The second-order valence-corrected chi connectivity index (χ2v) is 5.30. The van der Waals surface area contributed by atoms with Gasteiger partial charge in [0.2, 0.25) is 0 Å². The zero-order valence-electron chi connectivity index (χ0n) is 12.3. The van der Waals surface area contributed by atoms with Gasteiger partial charge in [-0.25, -0.2) is 0 Å². The number of aromatic amines is 1. The lowest BCUT2D eigenvalue weighted by Crippen LogP contribution is -2.23. The number of H-pyrrole nitrogens is 1. The Hall–Kier alpha value is -3.21. The summed E-state index contributed by atoms with van der Waals surface area (Å²) in [6, 6.07) is 15.3. The molecule has 4 aromatic rings. The van der Waals surface area contributed by atoms with Crippen LogP contribution in [0.2, 0.25) is 0 Å². The molecule has 0 aliphatic rings. The molecule has 0 spiro atoms. The predicted molar refractivity (Wildman–Crippen MR) is 89.0 cm³/mol. The highest BCUT2D eigenvalue weighted by atomic mass is 16.1. The van der Waals surface area contributed by atoms with Crippen molar-refractivity contribution in [3.8, 4) is 0 Å². The van der Waals surface area contributed by atoms with Crippen LogP contribution in [0.1, 0.15) is 16.1 Å². The molecule has 0 saturated carbocycles. The molecule has 4 rings (SSSR count). The largest absolute Gasteiger partial charge is 0.346 e. The number of benzene rings is 2. The molecule has 2 heterocycles. The fourth-order valence-corrected chi connectivity index (χ4v) is 2.73. The van der Waals surface area contributed by atoms with Gasteiger partial charge in [0.15, 0.2) is 0 Å². The second-order valence-electron chi connectivity index (χ2n) is 5.30. The van der Waals surface area contributed by atoms with Crippen molar-refractivity contribution in [3.05, 3.63) is 72.2 Å². The number of para-hydroxylation sites is 1. The van der Waals surface area contributed by atoms with Gasteiger partial charge in [-0.1, -0.05) is 30.3 Å². The molecule has 1 amide bonds. The van der Waals surface area contributed by atoms with Crippen LogP contribution in [-0.2, 0) is 6.54 Å². The lowest BCUT2D eigenvalue weighted by molar-refractivity contribution is 0.0952. The summed E-state index contributed by atoms with van der Waals surface area (Å²) in [4.78, 5) is 16.6. The van der Waals surface area contributed by atoms with Crippen LogP contribution in [0.5, 0.6) is 0 Å². The maximum atomic E-state index is 12.5. The molecular weight excluding hydrogens is 288 g/mol. The molecule has 2 aromatic carbocycles. The highest BCUT2D eigenvalue weighted by Crippen LogP contribution is 2.18. The van der Waals surface area contributed by atoms with Gasteiger partial charge in [-0.05, 0) is 23.6 Å². The molecule has 0 aliphatic carbocycles. The van der Waals surface area contributed by atoms with Crippen LogP contribution in [0.25, 0.3) is 21.7 Å². The van der Waals surface area contributed by atoms with Crippen molar-refractivity contribution in [1.29, 1.82) is 0 Å². The summed E-state index contributed by atoms with van der Waals surface area (Å²) in [5, 5.41) is 13.0. The number of hydrogen-bond acceptors (Lipinski definition) is 3. The molecule has 0 bridgehead atoms. The van der Waals surface area contributed by atoms with Crippen molar-refractivity contribution in [1.82, 2.24) is 20.5 Å². The van der Waals surface area contributed by atoms with Crippen LogP contribution in [0.3, 0.4) is 0 Å². The van der Waals surface area contributed by atoms with E-state index in [2.05, 4.69) is 20.5 Å². The van der Waals surface area contributed by atoms with Crippen LogP contribution < -0.4 is 5.32 Å². The first-order valence-electron chi connectivity index (χ1n) is 7.36. The van der Waals surface area contributed by atoms with E-state index in [1.807, 2.05) is 48.5 Å². The minimum Gasteiger partial charge on any atom is -0.346 e. The highest BCUT2D eigenvalue weighted by molar-refractivity contribution is 6.06. The quantitative estimate of drug-likeness (QED) is 0.611. The first kappa shape index (κ1) is 13.5. The number of fused-ring (bicyclic) bond motifs is 2. The maximum absolute atomic E-state index is 12.5. The number of pyridine rings is 1. The third-order valence-electron chi connectivity index (χ3n) is 3.89. The Labute approximate surface area is 132 Å². The zero-order valence-corrected chi connectivity index (χ0v) is 12.3. The lowest BCUT2D eigenvalue weighted by Gasteiger charge is -2.07. The van der Waals surface area contributed by atoms with Gasteiger partial charge in [0.25, 0.3) is 5.91 Å². The molecule has 0 unspecified atom stereocenters. The van der Waals surface area contributed by atoms with Gasteiger partial charge in [0.05, 0.1) is 17.8 Å². The highest BCUT2D eigenvalue weighted by Gasteiger charge is 2.11. The number of nitrogens with zero attached hydrogens (tertiary/aromatic N) is 2. The van der Waals surface area contributed by atoms with Crippen LogP contribution in [-0.4, -0.2) is 21.1 Å². The molecule has 2 N–H and O–H groups in total. The third kappa shape index (κ3) is 2.42. The van der Waals surface area contributed by atoms with Crippen molar-refractivity contribution < 1.29 is 4.79 Å². The fraction of sp³-hybridized carbons (Fsp3) is 0.0556. The first-order chi connectivity index (χ1) is 11.3. The average molecular weight is 302 g/mol. The average Bonchev–Trinajstić information content (AvgIpc) is 3.02. The Morgan fingerprint density at radius 2 is 1.96 bits per heavy atom. The van der Waals surface area contributed by atoms with Gasteiger partial charge in [0, 0.05) is 28.7 Å². The summed E-state index contributed by atoms with van der Waals surface area (Å²) >= 11 is 0. The van der Waals surface area contributed by atoms with Crippen molar-refractivity contribution >= 4 is 27.6 Å². The minimum atomic E-state index is -0.111. The number of carbonyl (C=O) groups excluding carboxylic acids is 1. The van der Waals surface area contributed by atoms with Gasteiger partial charge >= 0.3 is 0 Å². The number of nitrogens with one attached hydrogen (secondary N) is 2. The normalized spacial score (nSPS) is 11.0. The van der Waals surface area contributed by atoms with E-state index < -0.39 is 0 Å². The van der Waals surface area contributed by atoms with Gasteiger partial charge in [-0.15, -0.1) is 0 Å². The van der Waals surface area contributed by atoms with Gasteiger partial charge in [0.1, 0.15) is 0 Å². The SMILES string of the molecule is O=C(NCc1[nH]nc2ccccc12)c1cccc2cnccc12. The van der Waals surface area contributed by atoms with E-state index in [0.717, 1.165) is 27.4 Å². The van der Waals surface area contributed by atoms with Crippen LogP contribution in [0.15, 0.2) is 60.9 Å². The van der Waals surface area contributed by atoms with Gasteiger partial charge in [-0.3, -0.25) is 14.9 Å². The van der Waals surface area contributed by atoms with Crippen molar-refractivity contribution in [3.63, 3.8) is 0 Å². The summed E-state index contributed by atoms with van der Waals surface area (Å²) in [7, 11) is 0. The molecule has 0 fully saturated rings. The summed E-state index contributed by atoms with van der Waals surface area (Å²) in [5.74, 6) is -0.111. The molecule has 0 atom stereocenters. The van der Waals surface area contributed by atoms with Crippen LogP contribution in [0, 0.1) is 0 Å². The molecule has 23 heavy (non-hydrogen) atoms. The van der Waals surface area contributed by atoms with Crippen LogP contribution >= 0.6 is 0 Å². The van der Waals surface area contributed by atoms with Crippen molar-refractivity contribution in [2.45, 2.75) is 6.54 Å². The molecule has 0 radical (unpaired) electrons. The van der Waals surface area contributed by atoms with E-state index in [4.69, 9.17) is 0 Å². The monoisotopic (exact) mass is 302 g/mol. The molecule has 5 nitrogen and oxygen atoms in total. The standard InChI is InChI=1S/C18H14N4O/c23-18(14-6-3-4-12-10-19-9-8-13(12)14)20-11-17-15-5-1-2-7-16(15)21-22-17/h1-10H,11H2,(H,20,23)(H,21,22). The number of hydrogen-bond donors (Lipinski definition) is 2. The molecule has 0 aliphatic heterocycles. The topological polar surface area (TPSA) is 70.7 Å². The Balaban J connectivity index is 1.60. The fourth-order valence-electron chi connectivity index (χ4n) is 2.73. The Bertz CT molecular complexity index is 1000. The molecule has 2 aromatic heterocycles. The van der Waals surface area contributed by atoms with E-state index in [1.54, 1.807) is 12.4 Å². The molecule has 5 heteroatoms. The lowest BCUT2D eigenvalue weighted by atomic mass is 10.1. The third-order valence-corrected chi connectivity index (χ3v) is 3.89. The Kier molecular flexibility index (Phi) is 3.24. The second kappa shape index (κ2) is 5.53. The summed E-state index contributed by atoms with van der Waals surface area (Å²) in [5.41, 5.74) is 2.44. The predicted octanol–water partition coefficient (Wildman–Crippen LogP) is 3.04. The summed E-state index contributed by atoms with van der Waals surface area (Å²) in [6.45, 7) is 0.404. The number of aromatic nitrogens is 3. The van der Waals surface area contributed by atoms with E-state index in [0.29, 0.717) is 12.1 Å². The van der Waals surface area contributed by atoms with E-state index >= 15 is 0 Å². The van der Waals surface area contributed by atoms with E-state index in [1.165, 1.54) is 0 Å². The van der Waals surface area contributed by atoms with Gasteiger partial charge < -0.3 is 5.32 Å². The Morgan fingerprint density at radius 3 is 2.91 bits per heavy atom. The molecule has 0 saturated heterocycles. The number of amides is 1. The summed E-state index contributed by atoms with van der Waals surface area (Å²) in [6.07, 6.45) is 3.45. The molecular formula is C18H14N4O.